The predicted molar refractivity (Wildman–Crippen MR) is 103 cm³/mol. The summed E-state index contributed by atoms with van der Waals surface area (Å²) in [5, 5.41) is 6.94. The van der Waals surface area contributed by atoms with Gasteiger partial charge in [-0.1, -0.05) is 13.8 Å². The Bertz CT molecular complexity index is 418. The number of amides is 1. The molecular weight excluding hydrogens is 318 g/mol. The van der Waals surface area contributed by atoms with Gasteiger partial charge in [-0.2, -0.15) is 0 Å². The third kappa shape index (κ3) is 7.94. The number of piperidine rings is 1. The van der Waals surface area contributed by atoms with E-state index in [0.29, 0.717) is 24.6 Å². The number of carbonyl (C=O) groups excluding carboxylic acids is 1. The van der Waals surface area contributed by atoms with Gasteiger partial charge in [0.1, 0.15) is 0 Å². The number of nitrogens with one attached hydrogen (secondary N) is 2. The third-order valence-electron chi connectivity index (χ3n) is 4.56. The van der Waals surface area contributed by atoms with Crippen molar-refractivity contribution in [2.75, 3.05) is 47.4 Å². The van der Waals surface area contributed by atoms with Gasteiger partial charge in [0, 0.05) is 38.8 Å². The van der Waals surface area contributed by atoms with Crippen LogP contribution in [0.15, 0.2) is 4.99 Å². The molecule has 1 aliphatic rings. The number of nitrogens with zero attached hydrogens (tertiary/aromatic N) is 3. The van der Waals surface area contributed by atoms with Crippen molar-refractivity contribution in [2.24, 2.45) is 10.9 Å². The summed E-state index contributed by atoms with van der Waals surface area (Å²) in [5.74, 6) is 1.50. The summed E-state index contributed by atoms with van der Waals surface area (Å²) in [5.41, 5.74) is 0. The zero-order chi connectivity index (χ0) is 18.8. The highest BCUT2D eigenvalue weighted by Gasteiger charge is 2.24. The molecule has 1 saturated heterocycles. The lowest BCUT2D eigenvalue weighted by Crippen LogP contribution is -2.51. The molecule has 0 aromatic carbocycles. The number of aliphatic imine (C=N–C) groups is 1. The van der Waals surface area contributed by atoms with Gasteiger partial charge in [-0.3, -0.25) is 4.99 Å². The van der Waals surface area contributed by atoms with E-state index in [-0.39, 0.29) is 6.09 Å². The summed E-state index contributed by atoms with van der Waals surface area (Å²) in [6.07, 6.45) is 2.76. The van der Waals surface area contributed by atoms with E-state index in [0.717, 1.165) is 44.9 Å². The van der Waals surface area contributed by atoms with Crippen LogP contribution in [0.25, 0.3) is 0 Å². The first kappa shape index (κ1) is 21.5. The predicted octanol–water partition coefficient (Wildman–Crippen LogP) is 1.75. The van der Waals surface area contributed by atoms with Crippen molar-refractivity contribution in [1.82, 2.24) is 20.4 Å². The number of rotatable bonds is 7. The largest absolute Gasteiger partial charge is 0.450 e. The van der Waals surface area contributed by atoms with Gasteiger partial charge in [-0.15, -0.1) is 0 Å². The number of guanidine groups is 1. The molecule has 7 nitrogen and oxygen atoms in total. The molecule has 0 aliphatic carbocycles. The highest BCUT2D eigenvalue weighted by atomic mass is 16.6. The highest BCUT2D eigenvalue weighted by molar-refractivity contribution is 5.80. The second kappa shape index (κ2) is 11.2. The van der Waals surface area contributed by atoms with Gasteiger partial charge < -0.3 is 25.2 Å². The van der Waals surface area contributed by atoms with Gasteiger partial charge in [-0.25, -0.2) is 4.79 Å². The molecule has 1 aliphatic heterocycles. The van der Waals surface area contributed by atoms with Crippen LogP contribution in [0.3, 0.4) is 0 Å². The molecule has 0 aromatic rings. The fourth-order valence-corrected chi connectivity index (χ4v) is 3.04. The van der Waals surface area contributed by atoms with Crippen LogP contribution in [-0.4, -0.2) is 81.3 Å². The van der Waals surface area contributed by atoms with Crippen LogP contribution in [0, 0.1) is 5.92 Å². The Kier molecular flexibility index (Phi) is 9.63. The van der Waals surface area contributed by atoms with Crippen LogP contribution in [0.2, 0.25) is 0 Å². The van der Waals surface area contributed by atoms with E-state index in [2.05, 4.69) is 48.5 Å². The van der Waals surface area contributed by atoms with Crippen molar-refractivity contribution in [3.8, 4) is 0 Å². The van der Waals surface area contributed by atoms with Crippen molar-refractivity contribution >= 4 is 12.1 Å². The Hall–Kier alpha value is -1.50. The van der Waals surface area contributed by atoms with Crippen molar-refractivity contribution in [3.63, 3.8) is 0 Å². The normalized spacial score (nSPS) is 17.8. The third-order valence-corrected chi connectivity index (χ3v) is 4.56. The molecule has 0 spiro atoms. The summed E-state index contributed by atoms with van der Waals surface area (Å²) >= 11 is 0. The van der Waals surface area contributed by atoms with E-state index in [9.17, 15) is 4.79 Å². The maximum Gasteiger partial charge on any atom is 0.409 e. The van der Waals surface area contributed by atoms with Crippen LogP contribution in [-0.2, 0) is 4.74 Å². The lowest BCUT2D eigenvalue weighted by molar-refractivity contribution is 0.0963. The molecule has 1 rings (SSSR count). The molecule has 25 heavy (non-hydrogen) atoms. The van der Waals surface area contributed by atoms with Gasteiger partial charge in [0.05, 0.1) is 6.61 Å². The molecule has 146 valence electrons. The van der Waals surface area contributed by atoms with Crippen LogP contribution >= 0.6 is 0 Å². The molecule has 0 aromatic heterocycles. The smallest absolute Gasteiger partial charge is 0.409 e. The Labute approximate surface area is 153 Å². The highest BCUT2D eigenvalue weighted by Crippen LogP contribution is 2.12. The van der Waals surface area contributed by atoms with E-state index in [1.165, 1.54) is 0 Å². The van der Waals surface area contributed by atoms with Crippen LogP contribution < -0.4 is 10.6 Å². The molecular formula is C18H37N5O2. The molecule has 1 fully saturated rings. The monoisotopic (exact) mass is 355 g/mol. The second-order valence-corrected chi connectivity index (χ2v) is 7.30. The summed E-state index contributed by atoms with van der Waals surface area (Å²) < 4.78 is 5.06. The summed E-state index contributed by atoms with van der Waals surface area (Å²) in [4.78, 5) is 20.1. The van der Waals surface area contributed by atoms with E-state index >= 15 is 0 Å². The molecule has 1 heterocycles. The van der Waals surface area contributed by atoms with Gasteiger partial charge in [0.15, 0.2) is 5.96 Å². The minimum absolute atomic E-state index is 0.203. The first-order chi connectivity index (χ1) is 11.9. The number of ether oxygens (including phenoxy) is 1. The summed E-state index contributed by atoms with van der Waals surface area (Å²) in [6, 6.07) is 0.809. The zero-order valence-corrected chi connectivity index (χ0v) is 16.8. The van der Waals surface area contributed by atoms with Gasteiger partial charge in [0.25, 0.3) is 0 Å². The fraction of sp³-hybridized carbons (Fsp3) is 0.889. The van der Waals surface area contributed by atoms with E-state index in [4.69, 9.17) is 4.74 Å². The molecule has 2 N–H and O–H groups in total. The fourth-order valence-electron chi connectivity index (χ4n) is 3.04. The van der Waals surface area contributed by atoms with Crippen molar-refractivity contribution in [3.05, 3.63) is 0 Å². The number of hydrogen-bond acceptors (Lipinski definition) is 4. The van der Waals surface area contributed by atoms with Crippen molar-refractivity contribution in [1.29, 1.82) is 0 Å². The maximum absolute atomic E-state index is 11.8. The minimum atomic E-state index is -0.203. The Balaban J connectivity index is 2.41. The topological polar surface area (TPSA) is 69.2 Å². The van der Waals surface area contributed by atoms with Crippen LogP contribution in [0.4, 0.5) is 4.79 Å². The molecule has 0 saturated carbocycles. The summed E-state index contributed by atoms with van der Waals surface area (Å²) in [6.45, 7) is 9.08. The average molecular weight is 356 g/mol. The number of likely N-dealkylation sites (N-methyl/N-ethyl adjacent to an activating group) is 1. The molecule has 0 radical (unpaired) electrons. The van der Waals surface area contributed by atoms with E-state index in [1.54, 1.807) is 11.9 Å². The molecule has 1 amide bonds. The molecule has 1 atom stereocenters. The summed E-state index contributed by atoms with van der Waals surface area (Å²) in [7, 11) is 6.04. The van der Waals surface area contributed by atoms with E-state index in [1.807, 2.05) is 6.92 Å². The SMILES string of the molecule is CCOC(=O)N1CCC(NC(=NC)NCC(CC(C)C)N(C)C)CC1. The maximum atomic E-state index is 11.8. The first-order valence-corrected chi connectivity index (χ1v) is 9.42. The van der Waals surface area contributed by atoms with Gasteiger partial charge in [0.2, 0.25) is 0 Å². The van der Waals surface area contributed by atoms with Crippen LogP contribution in [0.1, 0.15) is 40.0 Å². The number of likely N-dealkylation sites (tertiary alicyclic amines) is 1. The Morgan fingerprint density at radius 2 is 1.96 bits per heavy atom. The Morgan fingerprint density at radius 3 is 2.44 bits per heavy atom. The first-order valence-electron chi connectivity index (χ1n) is 9.42. The average Bonchev–Trinajstić information content (AvgIpc) is 2.57. The van der Waals surface area contributed by atoms with E-state index < -0.39 is 0 Å². The zero-order valence-electron chi connectivity index (χ0n) is 16.8. The van der Waals surface area contributed by atoms with Crippen molar-refractivity contribution in [2.45, 2.75) is 52.1 Å². The van der Waals surface area contributed by atoms with Gasteiger partial charge in [-0.05, 0) is 46.2 Å². The standard InChI is InChI=1S/C18H37N5O2/c1-7-25-18(24)23-10-8-15(9-11-23)21-17(19-4)20-13-16(22(5)6)12-14(2)3/h14-16H,7-13H2,1-6H3,(H2,19,20,21). The van der Waals surface area contributed by atoms with Crippen molar-refractivity contribution < 1.29 is 9.53 Å². The lowest BCUT2D eigenvalue weighted by Gasteiger charge is -2.33. The second-order valence-electron chi connectivity index (χ2n) is 7.30. The quantitative estimate of drug-likeness (QED) is 0.538. The molecule has 0 bridgehead atoms. The lowest BCUT2D eigenvalue weighted by atomic mass is 10.0. The Morgan fingerprint density at radius 1 is 1.32 bits per heavy atom. The number of hydrogen-bond donors (Lipinski definition) is 2. The van der Waals surface area contributed by atoms with Crippen LogP contribution in [0.5, 0.6) is 0 Å². The van der Waals surface area contributed by atoms with Gasteiger partial charge >= 0.3 is 6.09 Å². The molecule has 7 heteroatoms. The number of carbonyl (C=O) groups is 1. The molecule has 1 unspecified atom stereocenters. The minimum Gasteiger partial charge on any atom is -0.450 e.